The second-order valence-electron chi connectivity index (χ2n) is 3.91. The van der Waals surface area contributed by atoms with E-state index in [1.807, 2.05) is 25.1 Å². The van der Waals surface area contributed by atoms with E-state index < -0.39 is 0 Å². The maximum Gasteiger partial charge on any atom is 0.169 e. The molecule has 0 amide bonds. The van der Waals surface area contributed by atoms with Gasteiger partial charge in [-0.3, -0.25) is 0 Å². The van der Waals surface area contributed by atoms with Gasteiger partial charge in [0.2, 0.25) is 0 Å². The molecule has 0 unspecified atom stereocenters. The van der Waals surface area contributed by atoms with Crippen LogP contribution in [0.3, 0.4) is 0 Å². The van der Waals surface area contributed by atoms with Crippen molar-refractivity contribution >= 4 is 0 Å². The van der Waals surface area contributed by atoms with Crippen LogP contribution in [0, 0.1) is 0 Å². The zero-order chi connectivity index (χ0) is 14.1. The van der Waals surface area contributed by atoms with Crippen molar-refractivity contribution in [3.63, 3.8) is 0 Å². The maximum absolute atomic E-state index is 5.54. The van der Waals surface area contributed by atoms with Gasteiger partial charge in [0, 0.05) is 32.9 Å². The highest BCUT2D eigenvalue weighted by molar-refractivity contribution is 5.46. The number of hydrogen-bond donors (Lipinski definition) is 1. The van der Waals surface area contributed by atoms with Crippen LogP contribution in [0.25, 0.3) is 0 Å². The van der Waals surface area contributed by atoms with Gasteiger partial charge in [0.25, 0.3) is 0 Å². The Morgan fingerprint density at radius 1 is 1.16 bits per heavy atom. The quantitative estimate of drug-likeness (QED) is 0.693. The highest BCUT2D eigenvalue weighted by atomic mass is 16.7. The monoisotopic (exact) mass is 269 g/mol. The van der Waals surface area contributed by atoms with E-state index in [1.165, 1.54) is 0 Å². The van der Waals surface area contributed by atoms with Crippen molar-refractivity contribution in [3.05, 3.63) is 23.8 Å². The third-order valence-electron chi connectivity index (χ3n) is 2.72. The Kier molecular flexibility index (Phi) is 7.25. The molecular formula is C14H23NO4. The first kappa shape index (κ1) is 15.8. The number of rotatable bonds is 9. The van der Waals surface area contributed by atoms with E-state index in [0.717, 1.165) is 17.1 Å². The largest absolute Gasteiger partial charge is 0.493 e. The molecule has 19 heavy (non-hydrogen) atoms. The Labute approximate surface area is 114 Å². The average molecular weight is 269 g/mol. The van der Waals surface area contributed by atoms with Crippen molar-refractivity contribution in [3.8, 4) is 11.5 Å². The van der Waals surface area contributed by atoms with Gasteiger partial charge in [0.05, 0.1) is 13.7 Å². The van der Waals surface area contributed by atoms with Crippen LogP contribution in [0.15, 0.2) is 18.2 Å². The lowest BCUT2D eigenvalue weighted by Gasteiger charge is -2.16. The molecule has 0 spiro atoms. The molecular weight excluding hydrogens is 246 g/mol. The van der Waals surface area contributed by atoms with Gasteiger partial charge >= 0.3 is 0 Å². The summed E-state index contributed by atoms with van der Waals surface area (Å²) in [6, 6.07) is 5.86. The molecule has 108 valence electrons. The lowest BCUT2D eigenvalue weighted by Crippen LogP contribution is -2.29. The van der Waals surface area contributed by atoms with Crippen LogP contribution in [0.2, 0.25) is 0 Å². The topological polar surface area (TPSA) is 49.0 Å². The number of methoxy groups -OCH3 is 3. The van der Waals surface area contributed by atoms with E-state index >= 15 is 0 Å². The fourth-order valence-electron chi connectivity index (χ4n) is 1.79. The molecule has 1 rings (SSSR count). The molecule has 0 aliphatic rings. The van der Waals surface area contributed by atoms with Crippen molar-refractivity contribution in [2.24, 2.45) is 0 Å². The summed E-state index contributed by atoms with van der Waals surface area (Å²) in [5, 5.41) is 3.26. The van der Waals surface area contributed by atoms with Gasteiger partial charge in [0.15, 0.2) is 17.8 Å². The molecule has 1 N–H and O–H groups in total. The van der Waals surface area contributed by atoms with E-state index in [0.29, 0.717) is 19.7 Å². The minimum Gasteiger partial charge on any atom is -0.493 e. The Morgan fingerprint density at radius 3 is 2.47 bits per heavy atom. The summed E-state index contributed by atoms with van der Waals surface area (Å²) in [6.45, 7) is 3.83. The number of para-hydroxylation sites is 1. The zero-order valence-electron chi connectivity index (χ0n) is 12.1. The number of nitrogens with one attached hydrogen (secondary N) is 1. The standard InChI is InChI=1S/C14H23NO4/c1-5-19-12-8-6-7-11(14(12)18-4)9-15-10-13(16-2)17-3/h6-8,13,15H,5,9-10H2,1-4H3. The maximum atomic E-state index is 5.54. The van der Waals surface area contributed by atoms with Crippen LogP contribution in [-0.2, 0) is 16.0 Å². The number of benzene rings is 1. The van der Waals surface area contributed by atoms with Crippen LogP contribution in [0.5, 0.6) is 11.5 Å². The summed E-state index contributed by atoms with van der Waals surface area (Å²) in [5.74, 6) is 1.53. The molecule has 0 bridgehead atoms. The average Bonchev–Trinajstić information content (AvgIpc) is 2.44. The molecule has 0 aliphatic carbocycles. The van der Waals surface area contributed by atoms with Crippen molar-refractivity contribution in [1.29, 1.82) is 0 Å². The molecule has 0 saturated carbocycles. The molecule has 5 nitrogen and oxygen atoms in total. The number of ether oxygens (including phenoxy) is 4. The summed E-state index contributed by atoms with van der Waals surface area (Å²) >= 11 is 0. The molecule has 0 aliphatic heterocycles. The van der Waals surface area contributed by atoms with Crippen LogP contribution in [-0.4, -0.2) is 40.8 Å². The van der Waals surface area contributed by atoms with Crippen LogP contribution >= 0.6 is 0 Å². The highest BCUT2D eigenvalue weighted by Gasteiger charge is 2.10. The zero-order valence-corrected chi connectivity index (χ0v) is 12.1. The Balaban J connectivity index is 2.64. The van der Waals surface area contributed by atoms with E-state index in [9.17, 15) is 0 Å². The predicted molar refractivity (Wildman–Crippen MR) is 73.7 cm³/mol. The summed E-state index contributed by atoms with van der Waals surface area (Å²) < 4.78 is 21.2. The van der Waals surface area contributed by atoms with Gasteiger partial charge in [0.1, 0.15) is 0 Å². The fourth-order valence-corrected chi connectivity index (χ4v) is 1.79. The minimum atomic E-state index is -0.249. The van der Waals surface area contributed by atoms with Gasteiger partial charge in [-0.25, -0.2) is 0 Å². The first-order chi connectivity index (χ1) is 9.26. The van der Waals surface area contributed by atoms with Crippen LogP contribution in [0.1, 0.15) is 12.5 Å². The second kappa shape index (κ2) is 8.74. The lowest BCUT2D eigenvalue weighted by atomic mass is 10.2. The molecule has 1 aromatic rings. The van der Waals surface area contributed by atoms with E-state index in [1.54, 1.807) is 21.3 Å². The molecule has 0 aromatic heterocycles. The van der Waals surface area contributed by atoms with Gasteiger partial charge in [-0.15, -0.1) is 0 Å². The molecule has 0 heterocycles. The molecule has 0 radical (unpaired) electrons. The minimum absolute atomic E-state index is 0.249. The number of hydrogen-bond acceptors (Lipinski definition) is 5. The van der Waals surface area contributed by atoms with Crippen LogP contribution in [0.4, 0.5) is 0 Å². The third-order valence-corrected chi connectivity index (χ3v) is 2.72. The second-order valence-corrected chi connectivity index (χ2v) is 3.91. The third kappa shape index (κ3) is 4.70. The van der Waals surface area contributed by atoms with Crippen molar-refractivity contribution in [2.45, 2.75) is 19.8 Å². The van der Waals surface area contributed by atoms with Crippen LogP contribution < -0.4 is 14.8 Å². The van der Waals surface area contributed by atoms with Crippen molar-refractivity contribution < 1.29 is 18.9 Å². The van der Waals surface area contributed by atoms with Gasteiger partial charge in [-0.05, 0) is 13.0 Å². The Morgan fingerprint density at radius 2 is 1.89 bits per heavy atom. The highest BCUT2D eigenvalue weighted by Crippen LogP contribution is 2.30. The molecule has 1 aromatic carbocycles. The molecule has 5 heteroatoms. The summed E-state index contributed by atoms with van der Waals surface area (Å²) in [6.07, 6.45) is -0.249. The smallest absolute Gasteiger partial charge is 0.169 e. The lowest BCUT2D eigenvalue weighted by molar-refractivity contribution is -0.0989. The molecule has 0 atom stereocenters. The van der Waals surface area contributed by atoms with Crippen molar-refractivity contribution in [2.75, 3.05) is 34.5 Å². The predicted octanol–water partition coefficient (Wildman–Crippen LogP) is 1.80. The normalized spacial score (nSPS) is 10.8. The van der Waals surface area contributed by atoms with E-state index in [2.05, 4.69) is 5.32 Å². The molecule has 0 fully saturated rings. The summed E-state index contributed by atoms with van der Waals surface area (Å²) in [7, 11) is 4.88. The van der Waals surface area contributed by atoms with Gasteiger partial charge < -0.3 is 24.3 Å². The van der Waals surface area contributed by atoms with Gasteiger partial charge in [-0.1, -0.05) is 12.1 Å². The van der Waals surface area contributed by atoms with E-state index in [4.69, 9.17) is 18.9 Å². The Hall–Kier alpha value is -1.30. The summed E-state index contributed by atoms with van der Waals surface area (Å²) in [5.41, 5.74) is 1.04. The van der Waals surface area contributed by atoms with Gasteiger partial charge in [-0.2, -0.15) is 0 Å². The van der Waals surface area contributed by atoms with Crippen molar-refractivity contribution in [1.82, 2.24) is 5.32 Å². The Bertz CT molecular complexity index is 366. The molecule has 0 saturated heterocycles. The SMILES string of the molecule is CCOc1cccc(CNCC(OC)OC)c1OC. The van der Waals surface area contributed by atoms with E-state index in [-0.39, 0.29) is 6.29 Å². The summed E-state index contributed by atoms with van der Waals surface area (Å²) in [4.78, 5) is 0. The first-order valence-corrected chi connectivity index (χ1v) is 6.31. The first-order valence-electron chi connectivity index (χ1n) is 6.31. The fraction of sp³-hybridized carbons (Fsp3) is 0.571.